The smallest absolute Gasteiger partial charge is 0.239 e. The van der Waals surface area contributed by atoms with E-state index >= 15 is 0 Å². The number of carbonyl (C=O) groups excluding carboxylic acids is 2. The van der Waals surface area contributed by atoms with Crippen LogP contribution < -0.4 is 10.6 Å². The van der Waals surface area contributed by atoms with Crippen LogP contribution in [0.15, 0.2) is 42.6 Å². The van der Waals surface area contributed by atoms with Crippen molar-refractivity contribution in [1.29, 1.82) is 0 Å². The Morgan fingerprint density at radius 3 is 2.40 bits per heavy atom. The molecule has 1 unspecified atom stereocenters. The molecule has 1 heterocycles. The lowest BCUT2D eigenvalue weighted by molar-refractivity contribution is -0.124. The highest BCUT2D eigenvalue weighted by Gasteiger charge is 2.28. The molecule has 1 saturated carbocycles. The molecule has 0 spiro atoms. The van der Waals surface area contributed by atoms with Crippen LogP contribution in [0.1, 0.15) is 42.9 Å². The van der Waals surface area contributed by atoms with Crippen LogP contribution in [0, 0.1) is 18.7 Å². The van der Waals surface area contributed by atoms with Crippen molar-refractivity contribution in [2.24, 2.45) is 5.92 Å². The molecule has 0 radical (unpaired) electrons. The van der Waals surface area contributed by atoms with Crippen LogP contribution in [-0.2, 0) is 9.59 Å². The molecule has 1 aliphatic carbocycles. The maximum absolute atomic E-state index is 13.3. The van der Waals surface area contributed by atoms with E-state index in [-0.39, 0.29) is 36.8 Å². The van der Waals surface area contributed by atoms with Gasteiger partial charge in [0.1, 0.15) is 11.6 Å². The van der Waals surface area contributed by atoms with Crippen molar-refractivity contribution in [1.82, 2.24) is 15.2 Å². The van der Waals surface area contributed by atoms with Crippen molar-refractivity contribution in [3.63, 3.8) is 0 Å². The van der Waals surface area contributed by atoms with Crippen LogP contribution in [0.5, 0.6) is 0 Å². The van der Waals surface area contributed by atoms with Gasteiger partial charge >= 0.3 is 0 Å². The van der Waals surface area contributed by atoms with Crippen LogP contribution in [0.4, 0.5) is 10.2 Å². The van der Waals surface area contributed by atoms with E-state index in [2.05, 4.69) is 15.6 Å². The molecule has 0 aliphatic heterocycles. The number of hydrogen-bond donors (Lipinski definition) is 2. The lowest BCUT2D eigenvalue weighted by Gasteiger charge is -2.26. The quantitative estimate of drug-likeness (QED) is 0.697. The van der Waals surface area contributed by atoms with Gasteiger partial charge in [0, 0.05) is 6.20 Å². The van der Waals surface area contributed by atoms with Gasteiger partial charge in [-0.25, -0.2) is 9.37 Å². The van der Waals surface area contributed by atoms with E-state index in [1.54, 1.807) is 36.3 Å². The number of nitrogens with zero attached hydrogens (tertiary/aromatic N) is 2. The minimum atomic E-state index is -0.288. The van der Waals surface area contributed by atoms with E-state index in [9.17, 15) is 14.0 Å². The molecule has 1 atom stereocenters. The van der Waals surface area contributed by atoms with Crippen LogP contribution in [0.3, 0.4) is 0 Å². The molecule has 3 rings (SSSR count). The molecule has 1 aromatic heterocycles. The fourth-order valence-corrected chi connectivity index (χ4v) is 3.92. The van der Waals surface area contributed by atoms with Gasteiger partial charge in [0.2, 0.25) is 11.8 Å². The number of likely N-dealkylation sites (N-methyl/N-ethyl adjacent to an activating group) is 1. The minimum Gasteiger partial charge on any atom is -0.348 e. The summed E-state index contributed by atoms with van der Waals surface area (Å²) in [4.78, 5) is 30.7. The second-order valence-electron chi connectivity index (χ2n) is 8.08. The Hall–Kier alpha value is -2.80. The first-order valence-electron chi connectivity index (χ1n) is 10.4. The summed E-state index contributed by atoms with van der Waals surface area (Å²) < 4.78 is 13.3. The number of rotatable bonds is 8. The molecule has 0 saturated heterocycles. The number of aromatic nitrogens is 1. The van der Waals surface area contributed by atoms with E-state index in [1.807, 2.05) is 13.0 Å². The Kier molecular flexibility index (Phi) is 7.52. The summed E-state index contributed by atoms with van der Waals surface area (Å²) in [6.07, 6.45) is 6.07. The molecule has 0 bridgehead atoms. The molecule has 6 nitrogen and oxygen atoms in total. The van der Waals surface area contributed by atoms with E-state index in [4.69, 9.17) is 0 Å². The summed E-state index contributed by atoms with van der Waals surface area (Å²) in [6, 6.07) is 9.82. The number of aryl methyl sites for hydroxylation is 1. The van der Waals surface area contributed by atoms with E-state index in [1.165, 1.54) is 12.1 Å². The predicted octanol–water partition coefficient (Wildman–Crippen LogP) is 3.45. The molecule has 2 amide bonds. The normalized spacial score (nSPS) is 15.2. The summed E-state index contributed by atoms with van der Waals surface area (Å²) in [7, 11) is 1.73. The zero-order valence-corrected chi connectivity index (χ0v) is 17.5. The minimum absolute atomic E-state index is 0.0770. The Morgan fingerprint density at radius 1 is 1.10 bits per heavy atom. The van der Waals surface area contributed by atoms with Gasteiger partial charge in [0.05, 0.1) is 19.1 Å². The van der Waals surface area contributed by atoms with E-state index in [0.29, 0.717) is 11.7 Å². The number of anilines is 1. The molecule has 1 fully saturated rings. The largest absolute Gasteiger partial charge is 0.348 e. The number of benzene rings is 1. The van der Waals surface area contributed by atoms with Crippen molar-refractivity contribution in [3.8, 4) is 0 Å². The van der Waals surface area contributed by atoms with Crippen LogP contribution >= 0.6 is 0 Å². The molecule has 2 N–H and O–H groups in total. The van der Waals surface area contributed by atoms with Crippen molar-refractivity contribution >= 4 is 17.6 Å². The zero-order chi connectivity index (χ0) is 21.5. The maximum Gasteiger partial charge on any atom is 0.239 e. The van der Waals surface area contributed by atoms with Crippen molar-refractivity contribution < 1.29 is 14.0 Å². The van der Waals surface area contributed by atoms with Gasteiger partial charge in [-0.1, -0.05) is 31.0 Å². The van der Waals surface area contributed by atoms with Gasteiger partial charge in [-0.2, -0.15) is 0 Å². The number of pyridine rings is 1. The van der Waals surface area contributed by atoms with Crippen molar-refractivity contribution in [2.75, 3.05) is 25.5 Å². The second-order valence-corrected chi connectivity index (χ2v) is 8.08. The SMILES string of the molecule is Cc1ccc(NC(=O)CN(C)CC(=O)NC(c2ccc(F)cc2)C2CCCC2)nc1. The second kappa shape index (κ2) is 10.3. The van der Waals surface area contributed by atoms with Crippen LogP contribution in [0.2, 0.25) is 0 Å². The molecule has 160 valence electrons. The van der Waals surface area contributed by atoms with Crippen LogP contribution in [0.25, 0.3) is 0 Å². The number of amides is 2. The maximum atomic E-state index is 13.3. The fraction of sp³-hybridized carbons (Fsp3) is 0.435. The Bertz CT molecular complexity index is 849. The molecule has 30 heavy (non-hydrogen) atoms. The average Bonchev–Trinajstić information content (AvgIpc) is 3.23. The number of carbonyl (C=O) groups is 2. The Labute approximate surface area is 176 Å². The zero-order valence-electron chi connectivity index (χ0n) is 17.5. The first-order valence-corrected chi connectivity index (χ1v) is 10.4. The monoisotopic (exact) mass is 412 g/mol. The third-order valence-electron chi connectivity index (χ3n) is 5.42. The topological polar surface area (TPSA) is 74.3 Å². The fourth-order valence-electron chi connectivity index (χ4n) is 3.92. The highest BCUT2D eigenvalue weighted by atomic mass is 19.1. The van der Waals surface area contributed by atoms with Crippen molar-refractivity contribution in [2.45, 2.75) is 38.6 Å². The molecule has 7 heteroatoms. The highest BCUT2D eigenvalue weighted by molar-refractivity contribution is 5.91. The van der Waals surface area contributed by atoms with Crippen molar-refractivity contribution in [3.05, 3.63) is 59.5 Å². The number of nitrogens with one attached hydrogen (secondary N) is 2. The Balaban J connectivity index is 1.54. The lowest BCUT2D eigenvalue weighted by atomic mass is 9.91. The summed E-state index contributed by atoms with van der Waals surface area (Å²) >= 11 is 0. The number of halogens is 1. The number of hydrogen-bond acceptors (Lipinski definition) is 4. The third kappa shape index (κ3) is 6.35. The van der Waals surface area contributed by atoms with Gasteiger partial charge < -0.3 is 10.6 Å². The Morgan fingerprint density at radius 2 is 1.77 bits per heavy atom. The molecular weight excluding hydrogens is 383 g/mol. The summed E-state index contributed by atoms with van der Waals surface area (Å²) in [6.45, 7) is 2.10. The van der Waals surface area contributed by atoms with Gasteiger partial charge in [-0.3, -0.25) is 14.5 Å². The summed E-state index contributed by atoms with van der Waals surface area (Å²) in [5.74, 6) is 0.165. The first-order chi connectivity index (χ1) is 14.4. The summed E-state index contributed by atoms with van der Waals surface area (Å²) in [5.41, 5.74) is 1.93. The molecule has 2 aromatic rings. The summed E-state index contributed by atoms with van der Waals surface area (Å²) in [5, 5.41) is 5.84. The van der Waals surface area contributed by atoms with E-state index < -0.39 is 0 Å². The van der Waals surface area contributed by atoms with Gasteiger partial charge in [-0.05, 0) is 62.1 Å². The molecule has 1 aromatic carbocycles. The molecule has 1 aliphatic rings. The van der Waals surface area contributed by atoms with E-state index in [0.717, 1.165) is 36.8 Å². The first kappa shape index (κ1) is 21.9. The third-order valence-corrected chi connectivity index (χ3v) is 5.42. The van der Waals surface area contributed by atoms with Gasteiger partial charge in [0.15, 0.2) is 0 Å². The average molecular weight is 413 g/mol. The van der Waals surface area contributed by atoms with Crippen LogP contribution in [-0.4, -0.2) is 41.8 Å². The van der Waals surface area contributed by atoms with Gasteiger partial charge in [0.25, 0.3) is 0 Å². The molecular formula is C23H29FN4O2. The predicted molar refractivity (Wildman–Crippen MR) is 114 cm³/mol. The highest BCUT2D eigenvalue weighted by Crippen LogP contribution is 2.35. The standard InChI is InChI=1S/C23H29FN4O2/c1-16-7-12-20(25-13-16)26-21(29)14-28(2)15-22(30)27-23(17-5-3-4-6-17)18-8-10-19(24)11-9-18/h7-13,17,23H,3-6,14-15H2,1-2H3,(H,27,30)(H,25,26,29). The van der Waals surface area contributed by atoms with Gasteiger partial charge in [-0.15, -0.1) is 0 Å². The lowest BCUT2D eigenvalue weighted by Crippen LogP contribution is -2.41.